The SMILES string of the molecule is OCCC1(O)C=CC(O)=C(O)C1O. The van der Waals surface area contributed by atoms with Gasteiger partial charge in [0.05, 0.1) is 0 Å². The van der Waals surface area contributed by atoms with Crippen LogP contribution in [0.15, 0.2) is 23.7 Å². The maximum atomic E-state index is 9.63. The average Bonchev–Trinajstić information content (AvgIpc) is 2.10. The fourth-order valence-electron chi connectivity index (χ4n) is 1.18. The molecule has 0 amide bonds. The second kappa shape index (κ2) is 3.37. The summed E-state index contributed by atoms with van der Waals surface area (Å²) < 4.78 is 0. The Bertz CT molecular complexity index is 257. The van der Waals surface area contributed by atoms with Crippen LogP contribution in [0.4, 0.5) is 0 Å². The Balaban J connectivity index is 2.91. The van der Waals surface area contributed by atoms with Gasteiger partial charge in [0.15, 0.2) is 11.5 Å². The summed E-state index contributed by atoms with van der Waals surface area (Å²) in [5.74, 6) is -1.16. The maximum absolute atomic E-state index is 9.63. The van der Waals surface area contributed by atoms with Crippen LogP contribution in [0.1, 0.15) is 6.42 Å². The van der Waals surface area contributed by atoms with Gasteiger partial charge in [-0.3, -0.25) is 0 Å². The number of hydrogen-bond donors (Lipinski definition) is 5. The molecule has 0 radical (unpaired) electrons. The summed E-state index contributed by atoms with van der Waals surface area (Å²) in [4.78, 5) is 0. The van der Waals surface area contributed by atoms with E-state index < -0.39 is 23.2 Å². The summed E-state index contributed by atoms with van der Waals surface area (Å²) in [6.45, 7) is -0.327. The lowest BCUT2D eigenvalue weighted by Crippen LogP contribution is -2.44. The lowest BCUT2D eigenvalue weighted by Gasteiger charge is -2.31. The van der Waals surface area contributed by atoms with Gasteiger partial charge in [-0.25, -0.2) is 0 Å². The third-order valence-corrected chi connectivity index (χ3v) is 2.04. The quantitative estimate of drug-likeness (QED) is 0.396. The Morgan fingerprint density at radius 3 is 2.54 bits per heavy atom. The number of rotatable bonds is 2. The highest BCUT2D eigenvalue weighted by Gasteiger charge is 2.39. The van der Waals surface area contributed by atoms with E-state index in [0.717, 1.165) is 12.2 Å². The topological polar surface area (TPSA) is 101 Å². The van der Waals surface area contributed by atoms with E-state index in [1.165, 1.54) is 0 Å². The second-order valence-corrected chi connectivity index (χ2v) is 2.97. The van der Waals surface area contributed by atoms with Gasteiger partial charge in [0.1, 0.15) is 11.7 Å². The van der Waals surface area contributed by atoms with Crippen molar-refractivity contribution >= 4 is 0 Å². The van der Waals surface area contributed by atoms with Crippen LogP contribution < -0.4 is 0 Å². The molecule has 0 aromatic rings. The minimum absolute atomic E-state index is 0.109. The molecule has 1 rings (SSSR count). The average molecular weight is 188 g/mol. The van der Waals surface area contributed by atoms with Gasteiger partial charge < -0.3 is 25.5 Å². The predicted molar refractivity (Wildman–Crippen MR) is 44.1 cm³/mol. The molecule has 2 unspecified atom stereocenters. The molecule has 0 aromatic heterocycles. The molecule has 1 aliphatic carbocycles. The van der Waals surface area contributed by atoms with E-state index >= 15 is 0 Å². The van der Waals surface area contributed by atoms with Crippen molar-refractivity contribution < 1.29 is 25.5 Å². The number of hydrogen-bond acceptors (Lipinski definition) is 5. The monoisotopic (exact) mass is 188 g/mol. The molecular formula is C8H12O5. The number of aliphatic hydroxyl groups excluding tert-OH is 4. The van der Waals surface area contributed by atoms with Gasteiger partial charge in [-0.05, 0) is 12.2 Å². The van der Waals surface area contributed by atoms with Crippen molar-refractivity contribution in [3.63, 3.8) is 0 Å². The molecule has 5 N–H and O–H groups in total. The van der Waals surface area contributed by atoms with Crippen LogP contribution in [0.2, 0.25) is 0 Å². The van der Waals surface area contributed by atoms with Crippen LogP contribution in [-0.2, 0) is 0 Å². The zero-order valence-electron chi connectivity index (χ0n) is 6.88. The highest BCUT2D eigenvalue weighted by Crippen LogP contribution is 2.27. The van der Waals surface area contributed by atoms with Crippen LogP contribution in [0.3, 0.4) is 0 Å². The van der Waals surface area contributed by atoms with Crippen LogP contribution in [0.5, 0.6) is 0 Å². The van der Waals surface area contributed by atoms with Crippen molar-refractivity contribution in [3.05, 3.63) is 23.7 Å². The van der Waals surface area contributed by atoms with E-state index in [-0.39, 0.29) is 13.0 Å². The molecule has 0 fully saturated rings. The molecule has 0 saturated carbocycles. The molecule has 5 heteroatoms. The van der Waals surface area contributed by atoms with Crippen LogP contribution >= 0.6 is 0 Å². The molecule has 2 atom stereocenters. The molecule has 0 spiro atoms. The Hall–Kier alpha value is -1.04. The fourth-order valence-corrected chi connectivity index (χ4v) is 1.18. The van der Waals surface area contributed by atoms with Crippen LogP contribution in [-0.4, -0.2) is 43.8 Å². The zero-order chi connectivity index (χ0) is 10.1. The fraction of sp³-hybridized carbons (Fsp3) is 0.500. The van der Waals surface area contributed by atoms with E-state index in [9.17, 15) is 10.2 Å². The molecule has 0 saturated heterocycles. The summed E-state index contributed by atoms with van der Waals surface area (Å²) in [6, 6.07) is 0. The highest BCUT2D eigenvalue weighted by molar-refractivity contribution is 5.30. The van der Waals surface area contributed by atoms with Crippen molar-refractivity contribution in [2.24, 2.45) is 0 Å². The van der Waals surface area contributed by atoms with E-state index in [4.69, 9.17) is 15.3 Å². The van der Waals surface area contributed by atoms with Crippen molar-refractivity contribution in [1.82, 2.24) is 0 Å². The summed E-state index contributed by atoms with van der Waals surface area (Å²) in [7, 11) is 0. The van der Waals surface area contributed by atoms with Gasteiger partial charge in [-0.1, -0.05) is 0 Å². The molecule has 5 nitrogen and oxygen atoms in total. The smallest absolute Gasteiger partial charge is 0.166 e. The molecular weight excluding hydrogens is 176 g/mol. The third kappa shape index (κ3) is 1.67. The second-order valence-electron chi connectivity index (χ2n) is 2.97. The largest absolute Gasteiger partial charge is 0.506 e. The Kier molecular flexibility index (Phi) is 2.60. The first-order valence-electron chi connectivity index (χ1n) is 3.84. The number of allylic oxidation sites excluding steroid dienone is 1. The molecule has 0 aromatic carbocycles. The Morgan fingerprint density at radius 1 is 1.38 bits per heavy atom. The first kappa shape index (κ1) is 10.0. The normalized spacial score (nSPS) is 33.9. The zero-order valence-corrected chi connectivity index (χ0v) is 6.88. The van der Waals surface area contributed by atoms with Crippen LogP contribution in [0, 0.1) is 0 Å². The van der Waals surface area contributed by atoms with Crippen LogP contribution in [0.25, 0.3) is 0 Å². The summed E-state index contributed by atoms with van der Waals surface area (Å²) in [6.07, 6.45) is 0.521. The van der Waals surface area contributed by atoms with Gasteiger partial charge in [0.25, 0.3) is 0 Å². The third-order valence-electron chi connectivity index (χ3n) is 2.04. The van der Waals surface area contributed by atoms with Crippen molar-refractivity contribution in [2.75, 3.05) is 6.61 Å². The van der Waals surface area contributed by atoms with E-state index in [2.05, 4.69) is 0 Å². The Labute approximate surface area is 74.9 Å². The molecule has 1 aliphatic rings. The lowest BCUT2D eigenvalue weighted by molar-refractivity contribution is -0.0558. The van der Waals surface area contributed by atoms with Gasteiger partial charge >= 0.3 is 0 Å². The summed E-state index contributed by atoms with van der Waals surface area (Å²) in [5, 5.41) is 45.6. The standard InChI is InChI=1S/C8H12O5/c9-4-3-8(13)2-1-5(10)6(11)7(8)12/h1-2,7,9-13H,3-4H2. The minimum atomic E-state index is -1.70. The van der Waals surface area contributed by atoms with E-state index in [1.54, 1.807) is 0 Å². The van der Waals surface area contributed by atoms with Gasteiger partial charge in [-0.2, -0.15) is 0 Å². The van der Waals surface area contributed by atoms with Gasteiger partial charge in [0.2, 0.25) is 0 Å². The van der Waals surface area contributed by atoms with Crippen molar-refractivity contribution in [3.8, 4) is 0 Å². The maximum Gasteiger partial charge on any atom is 0.166 e. The van der Waals surface area contributed by atoms with Crippen molar-refractivity contribution in [1.29, 1.82) is 0 Å². The molecule has 0 bridgehead atoms. The van der Waals surface area contributed by atoms with E-state index in [1.807, 2.05) is 0 Å². The predicted octanol–water partition coefficient (Wildman–Crippen LogP) is -0.642. The summed E-state index contributed by atoms with van der Waals surface area (Å²) >= 11 is 0. The van der Waals surface area contributed by atoms with Crippen molar-refractivity contribution in [2.45, 2.75) is 18.1 Å². The lowest BCUT2D eigenvalue weighted by atomic mass is 9.87. The first-order chi connectivity index (χ1) is 6.01. The molecule has 0 heterocycles. The van der Waals surface area contributed by atoms with Gasteiger partial charge in [-0.15, -0.1) is 0 Å². The highest BCUT2D eigenvalue weighted by atomic mass is 16.4. The Morgan fingerprint density at radius 2 is 2.00 bits per heavy atom. The minimum Gasteiger partial charge on any atom is -0.506 e. The number of aliphatic hydroxyl groups is 5. The molecule has 0 aliphatic heterocycles. The van der Waals surface area contributed by atoms with E-state index in [0.29, 0.717) is 0 Å². The summed E-state index contributed by atoms with van der Waals surface area (Å²) in [5.41, 5.74) is -1.70. The molecule has 13 heavy (non-hydrogen) atoms. The van der Waals surface area contributed by atoms with Gasteiger partial charge in [0, 0.05) is 13.0 Å². The first-order valence-corrected chi connectivity index (χ1v) is 3.84. The molecule has 74 valence electrons.